The molecule has 0 fully saturated rings. The quantitative estimate of drug-likeness (QED) is 0.779. The van der Waals surface area contributed by atoms with Crippen LogP contribution in [0.2, 0.25) is 0 Å². The number of aromatic nitrogens is 1. The number of hydrogen-bond acceptors (Lipinski definition) is 5. The van der Waals surface area contributed by atoms with E-state index in [1.807, 2.05) is 18.9 Å². The molecule has 0 amide bonds. The predicted molar refractivity (Wildman–Crippen MR) is 84.5 cm³/mol. The smallest absolute Gasteiger partial charge is 0.242 e. The summed E-state index contributed by atoms with van der Waals surface area (Å²) in [5.41, 5.74) is 6.78. The van der Waals surface area contributed by atoms with Crippen LogP contribution in [0.5, 0.6) is 0 Å². The first-order chi connectivity index (χ1) is 9.95. The highest BCUT2D eigenvalue weighted by atomic mass is 32.2. The molecule has 0 aliphatic heterocycles. The fourth-order valence-corrected chi connectivity index (χ4v) is 3.17. The highest BCUT2D eigenvalue weighted by Gasteiger charge is 2.18. The van der Waals surface area contributed by atoms with Crippen LogP contribution in [0.25, 0.3) is 10.9 Å². The van der Waals surface area contributed by atoms with Crippen molar-refractivity contribution in [1.29, 1.82) is 0 Å². The summed E-state index contributed by atoms with van der Waals surface area (Å²) >= 11 is 0. The lowest BCUT2D eigenvalue weighted by Gasteiger charge is -2.15. The minimum Gasteiger partial charge on any atom is -0.398 e. The third-order valence-corrected chi connectivity index (χ3v) is 4.87. The third-order valence-electron chi connectivity index (χ3n) is 3.38. The summed E-state index contributed by atoms with van der Waals surface area (Å²) in [6.07, 6.45) is 1.56. The maximum absolute atomic E-state index is 12.4. The predicted octanol–water partition coefficient (Wildman–Crippen LogP) is 1.05. The molecule has 21 heavy (non-hydrogen) atoms. The Morgan fingerprint density at radius 3 is 2.81 bits per heavy atom. The maximum atomic E-state index is 12.4. The zero-order chi connectivity index (χ0) is 15.5. The van der Waals surface area contributed by atoms with Crippen molar-refractivity contribution in [2.45, 2.75) is 11.8 Å². The lowest BCUT2D eigenvalue weighted by atomic mass is 10.2. The van der Waals surface area contributed by atoms with Crippen molar-refractivity contribution < 1.29 is 8.42 Å². The van der Waals surface area contributed by atoms with Crippen LogP contribution < -0.4 is 10.5 Å². The van der Waals surface area contributed by atoms with Gasteiger partial charge in [0.15, 0.2) is 0 Å². The lowest BCUT2D eigenvalue weighted by molar-refractivity contribution is 0.358. The minimum atomic E-state index is -3.60. The van der Waals surface area contributed by atoms with Crippen LogP contribution >= 0.6 is 0 Å². The van der Waals surface area contributed by atoms with E-state index in [2.05, 4.69) is 9.71 Å². The number of fused-ring (bicyclic) bond motifs is 1. The van der Waals surface area contributed by atoms with Gasteiger partial charge in [-0.2, -0.15) is 0 Å². The van der Waals surface area contributed by atoms with Crippen LogP contribution in [0.3, 0.4) is 0 Å². The van der Waals surface area contributed by atoms with Gasteiger partial charge in [0.1, 0.15) is 4.90 Å². The summed E-state index contributed by atoms with van der Waals surface area (Å²) in [5, 5.41) is 0.644. The summed E-state index contributed by atoms with van der Waals surface area (Å²) in [4.78, 5) is 6.35. The second-order valence-electron chi connectivity index (χ2n) is 4.85. The monoisotopic (exact) mass is 308 g/mol. The fraction of sp³-hybridized carbons (Fsp3) is 0.357. The van der Waals surface area contributed by atoms with Crippen molar-refractivity contribution in [1.82, 2.24) is 14.6 Å². The molecule has 2 rings (SSSR count). The van der Waals surface area contributed by atoms with E-state index in [9.17, 15) is 8.42 Å². The Balaban J connectivity index is 2.31. The lowest BCUT2D eigenvalue weighted by Crippen LogP contribution is -2.33. The molecule has 0 aliphatic rings. The minimum absolute atomic E-state index is 0.159. The summed E-state index contributed by atoms with van der Waals surface area (Å²) < 4.78 is 27.4. The molecule has 6 nitrogen and oxygen atoms in total. The molecule has 0 saturated carbocycles. The van der Waals surface area contributed by atoms with Gasteiger partial charge in [0, 0.05) is 30.4 Å². The molecule has 0 spiro atoms. The molecule has 2 aromatic rings. The molecule has 0 bridgehead atoms. The highest BCUT2D eigenvalue weighted by Crippen LogP contribution is 2.25. The van der Waals surface area contributed by atoms with Gasteiger partial charge in [0.05, 0.1) is 5.52 Å². The first-order valence-electron chi connectivity index (χ1n) is 6.77. The normalized spacial score (nSPS) is 12.1. The second-order valence-corrected chi connectivity index (χ2v) is 6.58. The number of nitrogens with two attached hydrogens (primary N) is 1. The van der Waals surface area contributed by atoms with Crippen molar-refractivity contribution in [3.63, 3.8) is 0 Å². The number of nitrogen functional groups attached to an aromatic ring is 1. The van der Waals surface area contributed by atoms with Gasteiger partial charge in [-0.3, -0.25) is 4.98 Å². The molecule has 3 N–H and O–H groups in total. The standard InChI is InChI=1S/C14H20N4O2S/c1-3-18(2)10-9-17-21(19,20)13-7-6-12(15)11-5-4-8-16-14(11)13/h4-8,17H,3,9-10,15H2,1-2H3. The van der Waals surface area contributed by atoms with E-state index in [4.69, 9.17) is 5.73 Å². The van der Waals surface area contributed by atoms with Crippen molar-refractivity contribution in [2.24, 2.45) is 0 Å². The van der Waals surface area contributed by atoms with Gasteiger partial charge in [-0.25, -0.2) is 13.1 Å². The Bertz CT molecular complexity index is 731. The maximum Gasteiger partial charge on any atom is 0.242 e. The van der Waals surface area contributed by atoms with Gasteiger partial charge in [-0.05, 0) is 37.9 Å². The number of likely N-dealkylation sites (N-methyl/N-ethyl adjacent to an activating group) is 1. The average molecular weight is 308 g/mol. The fourth-order valence-electron chi connectivity index (χ4n) is 1.99. The Hall–Kier alpha value is -1.70. The third kappa shape index (κ3) is 3.49. The van der Waals surface area contributed by atoms with Gasteiger partial charge in [-0.15, -0.1) is 0 Å². The second kappa shape index (κ2) is 6.38. The number of sulfonamides is 1. The van der Waals surface area contributed by atoms with E-state index in [0.717, 1.165) is 6.54 Å². The Morgan fingerprint density at radius 2 is 2.10 bits per heavy atom. The molecule has 0 saturated heterocycles. The van der Waals surface area contributed by atoms with Crippen LogP contribution in [0, 0.1) is 0 Å². The van der Waals surface area contributed by atoms with Gasteiger partial charge >= 0.3 is 0 Å². The summed E-state index contributed by atoms with van der Waals surface area (Å²) in [6, 6.07) is 6.59. The summed E-state index contributed by atoms with van der Waals surface area (Å²) in [7, 11) is -1.66. The molecule has 0 aliphatic carbocycles. The first kappa shape index (κ1) is 15.7. The molecule has 114 valence electrons. The van der Waals surface area contributed by atoms with E-state index in [-0.39, 0.29) is 4.90 Å². The number of anilines is 1. The number of nitrogens with zero attached hydrogens (tertiary/aromatic N) is 2. The Morgan fingerprint density at radius 1 is 1.33 bits per heavy atom. The molecule has 0 radical (unpaired) electrons. The van der Waals surface area contributed by atoms with Crippen molar-refractivity contribution in [3.05, 3.63) is 30.5 Å². The molecule has 0 atom stereocenters. The molecular weight excluding hydrogens is 288 g/mol. The van der Waals surface area contributed by atoms with E-state index < -0.39 is 10.0 Å². The molecule has 1 heterocycles. The van der Waals surface area contributed by atoms with Crippen molar-refractivity contribution >= 4 is 26.6 Å². The number of rotatable bonds is 6. The largest absolute Gasteiger partial charge is 0.398 e. The molecule has 7 heteroatoms. The first-order valence-corrected chi connectivity index (χ1v) is 8.25. The SMILES string of the molecule is CCN(C)CCNS(=O)(=O)c1ccc(N)c2cccnc12. The van der Waals surface area contributed by atoms with Crippen molar-refractivity contribution in [3.8, 4) is 0 Å². The Kier molecular flexibility index (Phi) is 4.76. The van der Waals surface area contributed by atoms with Gasteiger partial charge in [-0.1, -0.05) is 6.92 Å². The summed E-state index contributed by atoms with van der Waals surface area (Å²) in [5.74, 6) is 0. The van der Waals surface area contributed by atoms with Gasteiger partial charge in [0.2, 0.25) is 10.0 Å². The van der Waals surface area contributed by atoms with E-state index in [1.165, 1.54) is 6.07 Å². The number of hydrogen-bond donors (Lipinski definition) is 2. The Labute approximate surface area is 125 Å². The molecule has 0 unspecified atom stereocenters. The highest BCUT2D eigenvalue weighted by molar-refractivity contribution is 7.89. The van der Waals surface area contributed by atoms with Crippen LogP contribution in [0.1, 0.15) is 6.92 Å². The van der Waals surface area contributed by atoms with Crippen LogP contribution in [0.15, 0.2) is 35.4 Å². The zero-order valence-electron chi connectivity index (χ0n) is 12.2. The van der Waals surface area contributed by atoms with E-state index in [0.29, 0.717) is 29.7 Å². The number of nitrogens with one attached hydrogen (secondary N) is 1. The molecule has 1 aromatic heterocycles. The number of benzene rings is 1. The van der Waals surface area contributed by atoms with Crippen LogP contribution in [0.4, 0.5) is 5.69 Å². The average Bonchev–Trinajstić information content (AvgIpc) is 2.47. The van der Waals surface area contributed by atoms with E-state index >= 15 is 0 Å². The van der Waals surface area contributed by atoms with Crippen molar-refractivity contribution in [2.75, 3.05) is 32.4 Å². The topological polar surface area (TPSA) is 88.3 Å². The van der Waals surface area contributed by atoms with Gasteiger partial charge in [0.25, 0.3) is 0 Å². The zero-order valence-corrected chi connectivity index (χ0v) is 13.0. The van der Waals surface area contributed by atoms with Crippen LogP contribution in [-0.2, 0) is 10.0 Å². The van der Waals surface area contributed by atoms with Crippen LogP contribution in [-0.4, -0.2) is 45.0 Å². The van der Waals surface area contributed by atoms with E-state index in [1.54, 1.807) is 24.4 Å². The number of pyridine rings is 1. The molecule has 1 aromatic carbocycles. The summed E-state index contributed by atoms with van der Waals surface area (Å²) in [6.45, 7) is 3.89. The molecular formula is C14H20N4O2S. The van der Waals surface area contributed by atoms with Gasteiger partial charge < -0.3 is 10.6 Å².